The van der Waals surface area contributed by atoms with Gasteiger partial charge < -0.3 is 0 Å². The summed E-state index contributed by atoms with van der Waals surface area (Å²) in [6, 6.07) is 7.80. The average Bonchev–Trinajstić information content (AvgIpc) is 3.21. The Morgan fingerprint density at radius 1 is 1.03 bits per heavy atom. The maximum atomic E-state index is 14.8. The van der Waals surface area contributed by atoms with E-state index >= 15 is 0 Å². The van der Waals surface area contributed by atoms with Crippen molar-refractivity contribution in [2.24, 2.45) is 17.8 Å². The van der Waals surface area contributed by atoms with Crippen molar-refractivity contribution in [3.8, 4) is 0 Å². The molecule has 1 unspecified atom stereocenters. The number of carbonyl (C=O) groups is 2. The minimum absolute atomic E-state index is 0.0177. The van der Waals surface area contributed by atoms with Crippen molar-refractivity contribution in [2.75, 3.05) is 0 Å². The van der Waals surface area contributed by atoms with Gasteiger partial charge in [0.15, 0.2) is 9.84 Å². The van der Waals surface area contributed by atoms with E-state index in [0.29, 0.717) is 24.5 Å². The average molecular weight is 555 g/mol. The van der Waals surface area contributed by atoms with Crippen molar-refractivity contribution in [1.29, 1.82) is 0 Å². The van der Waals surface area contributed by atoms with Crippen LogP contribution in [0.5, 0.6) is 0 Å². The van der Waals surface area contributed by atoms with E-state index < -0.39 is 43.7 Å². The Morgan fingerprint density at radius 3 is 2.29 bits per heavy atom. The molecule has 3 aliphatic carbocycles. The van der Waals surface area contributed by atoms with E-state index in [1.54, 1.807) is 0 Å². The predicted octanol–water partition coefficient (Wildman–Crippen LogP) is 6.15. The number of rotatable bonds is 6. The van der Waals surface area contributed by atoms with E-state index in [0.717, 1.165) is 24.3 Å². The van der Waals surface area contributed by atoms with E-state index in [9.17, 15) is 40.0 Å². The number of hydrogen-bond donors (Lipinski definition) is 0. The molecule has 204 valence electrons. The molecule has 0 radical (unpaired) electrons. The lowest BCUT2D eigenvalue weighted by molar-refractivity contribution is -0.228. The summed E-state index contributed by atoms with van der Waals surface area (Å²) in [4.78, 5) is 24.1. The third-order valence-corrected chi connectivity index (χ3v) is 11.5. The van der Waals surface area contributed by atoms with Crippen LogP contribution in [0.4, 0.5) is 22.0 Å². The summed E-state index contributed by atoms with van der Waals surface area (Å²) < 4.78 is 95.7. The first-order valence-corrected chi connectivity index (χ1v) is 14.1. The number of halogens is 5. The zero-order chi connectivity index (χ0) is 27.7. The fraction of sp³-hybridized carbons (Fsp3) is 0.500. The second-order valence-electron chi connectivity index (χ2n) is 11.0. The molecule has 0 spiro atoms. The van der Waals surface area contributed by atoms with Gasteiger partial charge in [-0.15, -0.1) is 0 Å². The first-order valence-electron chi connectivity index (χ1n) is 12.6. The molecule has 5 rings (SSSR count). The van der Waals surface area contributed by atoms with Gasteiger partial charge in [0.05, 0.1) is 4.90 Å². The van der Waals surface area contributed by atoms with Crippen molar-refractivity contribution < 1.29 is 40.0 Å². The van der Waals surface area contributed by atoms with E-state index in [4.69, 9.17) is 0 Å². The highest BCUT2D eigenvalue weighted by molar-refractivity contribution is 7.92. The molecule has 0 saturated heterocycles. The van der Waals surface area contributed by atoms with Crippen LogP contribution in [0.1, 0.15) is 62.1 Å². The van der Waals surface area contributed by atoms with Crippen LogP contribution in [0.25, 0.3) is 0 Å². The fourth-order valence-electron chi connectivity index (χ4n) is 6.64. The molecule has 2 saturated carbocycles. The van der Waals surface area contributed by atoms with Crippen molar-refractivity contribution in [3.63, 3.8) is 0 Å². The van der Waals surface area contributed by atoms with E-state index in [1.807, 2.05) is 0 Å². The maximum absolute atomic E-state index is 14.8. The lowest BCUT2D eigenvalue weighted by Crippen LogP contribution is -2.45. The number of sulfone groups is 1. The van der Waals surface area contributed by atoms with Gasteiger partial charge in [-0.05, 0) is 85.4 Å². The molecular formula is C28H27F5O4S. The van der Waals surface area contributed by atoms with Crippen LogP contribution in [0, 0.1) is 23.6 Å². The number of fused-ring (bicyclic) bond motifs is 3. The first kappa shape index (κ1) is 27.0. The molecule has 0 amide bonds. The highest BCUT2D eigenvalue weighted by atomic mass is 32.2. The number of aryl methyl sites for hydroxylation is 1. The summed E-state index contributed by atoms with van der Waals surface area (Å²) in [5, 5.41) is 0. The molecule has 10 heteroatoms. The van der Waals surface area contributed by atoms with Crippen LogP contribution in [-0.2, 0) is 36.3 Å². The topological polar surface area (TPSA) is 68.3 Å². The number of carbonyl (C=O) groups excluding carboxylic acids is 2. The Hall–Kier alpha value is -2.62. The molecule has 0 aromatic heterocycles. The summed E-state index contributed by atoms with van der Waals surface area (Å²) in [7, 11) is -4.20. The SMILES string of the molecule is CC(F)(c1ccc2c(c1)CC[C@H]1[C@H](CC(=O)C3CC(=O)C3)CC[C@@]21S(=O)(=O)c1ccc(F)cc1)C(F)(F)F. The Balaban J connectivity index is 1.60. The van der Waals surface area contributed by atoms with Crippen molar-refractivity contribution in [2.45, 2.75) is 73.4 Å². The Labute approximate surface area is 217 Å². The Morgan fingerprint density at radius 2 is 1.68 bits per heavy atom. The third kappa shape index (κ3) is 4.01. The van der Waals surface area contributed by atoms with Crippen molar-refractivity contribution in [3.05, 3.63) is 65.0 Å². The maximum Gasteiger partial charge on any atom is 0.426 e. The Kier molecular flexibility index (Phi) is 6.36. The highest BCUT2D eigenvalue weighted by Crippen LogP contribution is 2.60. The minimum Gasteiger partial charge on any atom is -0.300 e. The van der Waals surface area contributed by atoms with Gasteiger partial charge in [-0.2, -0.15) is 13.2 Å². The lowest BCUT2D eigenvalue weighted by Gasteiger charge is -2.43. The minimum atomic E-state index is -5.15. The predicted molar refractivity (Wildman–Crippen MR) is 128 cm³/mol. The van der Waals surface area contributed by atoms with Crippen LogP contribution in [0.3, 0.4) is 0 Å². The third-order valence-electron chi connectivity index (χ3n) is 8.89. The second-order valence-corrected chi connectivity index (χ2v) is 13.2. The number of benzene rings is 2. The standard InChI is InChI=1S/C28H27F5O4S/c1-26(30,28(31,32)33)19-3-9-24-16(12-19)2-8-23-17(15-25(35)18-13-21(34)14-18)10-11-27(23,24)38(36,37)22-6-4-20(29)5-7-22/h3-7,9,12,17-18,23H,2,8,10-11,13-15H2,1H3/t17-,23-,26?,27-/m0/s1. The smallest absolute Gasteiger partial charge is 0.300 e. The van der Waals surface area contributed by atoms with Gasteiger partial charge in [-0.1, -0.05) is 18.2 Å². The molecule has 0 heterocycles. The summed E-state index contributed by atoms with van der Waals surface area (Å²) in [5.41, 5.74) is -3.58. The number of Topliss-reactive ketones (excluding diaryl/α,β-unsaturated/α-hetero) is 2. The number of alkyl halides is 4. The van der Waals surface area contributed by atoms with Gasteiger partial charge in [0, 0.05) is 25.2 Å². The molecule has 2 aromatic rings. The Bertz CT molecular complexity index is 1390. The van der Waals surface area contributed by atoms with Crippen LogP contribution in [0.15, 0.2) is 47.4 Å². The summed E-state index contributed by atoms with van der Waals surface area (Å²) in [6.45, 7) is 0.438. The number of hydrogen-bond acceptors (Lipinski definition) is 4. The van der Waals surface area contributed by atoms with Crippen molar-refractivity contribution in [1.82, 2.24) is 0 Å². The summed E-state index contributed by atoms with van der Waals surface area (Å²) in [6.07, 6.45) is -3.61. The molecule has 0 bridgehead atoms. The molecular weight excluding hydrogens is 527 g/mol. The van der Waals surface area contributed by atoms with Crippen molar-refractivity contribution >= 4 is 21.4 Å². The first-order chi connectivity index (χ1) is 17.7. The quantitative estimate of drug-likeness (QED) is 0.317. The molecule has 2 fully saturated rings. The largest absolute Gasteiger partial charge is 0.426 e. The number of ketones is 2. The van der Waals surface area contributed by atoms with Gasteiger partial charge in [-0.3, -0.25) is 9.59 Å². The van der Waals surface area contributed by atoms with Crippen LogP contribution >= 0.6 is 0 Å². The zero-order valence-corrected chi connectivity index (χ0v) is 21.5. The second kappa shape index (κ2) is 8.96. The van der Waals surface area contributed by atoms with E-state index in [-0.39, 0.29) is 66.8 Å². The molecule has 0 aliphatic heterocycles. The van der Waals surface area contributed by atoms with E-state index in [1.165, 1.54) is 18.2 Å². The highest BCUT2D eigenvalue weighted by Gasteiger charge is 2.61. The van der Waals surface area contributed by atoms with Crippen LogP contribution in [-0.4, -0.2) is 26.2 Å². The molecule has 3 aliphatic rings. The summed E-state index contributed by atoms with van der Waals surface area (Å²) >= 11 is 0. The lowest BCUT2D eigenvalue weighted by atomic mass is 9.70. The van der Waals surface area contributed by atoms with Gasteiger partial charge in [0.25, 0.3) is 0 Å². The summed E-state index contributed by atoms with van der Waals surface area (Å²) in [5.74, 6) is -1.86. The molecule has 2 aromatic carbocycles. The van der Waals surface area contributed by atoms with Gasteiger partial charge in [0.2, 0.25) is 5.67 Å². The molecule has 4 nitrogen and oxygen atoms in total. The normalized spacial score (nSPS) is 27.3. The molecule has 4 atom stereocenters. The van der Waals surface area contributed by atoms with Crippen LogP contribution < -0.4 is 0 Å². The molecule has 38 heavy (non-hydrogen) atoms. The zero-order valence-electron chi connectivity index (χ0n) is 20.7. The monoisotopic (exact) mass is 554 g/mol. The fourth-order valence-corrected chi connectivity index (χ4v) is 9.14. The van der Waals surface area contributed by atoms with Crippen LogP contribution in [0.2, 0.25) is 0 Å². The van der Waals surface area contributed by atoms with Gasteiger partial charge in [-0.25, -0.2) is 17.2 Å². The van der Waals surface area contributed by atoms with E-state index in [2.05, 4.69) is 0 Å². The molecule has 0 N–H and O–H groups in total. The van der Waals surface area contributed by atoms with Gasteiger partial charge >= 0.3 is 6.18 Å². The van der Waals surface area contributed by atoms with Gasteiger partial charge in [0.1, 0.15) is 22.1 Å².